The molecule has 2 fully saturated rings. The molecule has 0 unspecified atom stereocenters. The van der Waals surface area contributed by atoms with Gasteiger partial charge in [0.1, 0.15) is 6.54 Å². The Morgan fingerprint density at radius 2 is 1.87 bits per heavy atom. The van der Waals surface area contributed by atoms with Crippen LogP contribution in [0.5, 0.6) is 0 Å². The molecule has 5 nitrogen and oxygen atoms in total. The van der Waals surface area contributed by atoms with Gasteiger partial charge < -0.3 is 14.9 Å². The van der Waals surface area contributed by atoms with E-state index in [4.69, 9.17) is 0 Å². The largest absolute Gasteiger partial charge is 0.394 e. The van der Waals surface area contributed by atoms with Crippen LogP contribution in [-0.4, -0.2) is 58.5 Å². The molecule has 2 heterocycles. The van der Waals surface area contributed by atoms with Crippen molar-refractivity contribution in [3.63, 3.8) is 0 Å². The molecule has 5 heteroatoms. The van der Waals surface area contributed by atoms with E-state index in [1.54, 1.807) is 21.9 Å². The van der Waals surface area contributed by atoms with Crippen LogP contribution in [0.25, 0.3) is 0 Å². The van der Waals surface area contributed by atoms with E-state index in [0.717, 1.165) is 24.0 Å². The first-order chi connectivity index (χ1) is 14.6. The molecule has 30 heavy (non-hydrogen) atoms. The number of carbonyl (C=O) groups excluding carboxylic acids is 2. The molecule has 4 rings (SSSR count). The summed E-state index contributed by atoms with van der Waals surface area (Å²) in [4.78, 5) is 29.0. The minimum atomic E-state index is -0.242. The predicted octanol–water partition coefficient (Wildman–Crippen LogP) is 2.65. The number of piperazine rings is 1. The minimum Gasteiger partial charge on any atom is -0.394 e. The van der Waals surface area contributed by atoms with E-state index in [1.807, 2.05) is 42.5 Å². The van der Waals surface area contributed by atoms with E-state index in [9.17, 15) is 14.7 Å². The smallest absolute Gasteiger partial charge is 0.254 e. The first kappa shape index (κ1) is 20.2. The number of amides is 2. The highest BCUT2D eigenvalue weighted by Crippen LogP contribution is 2.43. The van der Waals surface area contributed by atoms with Crippen LogP contribution in [0.15, 0.2) is 54.6 Å². The highest BCUT2D eigenvalue weighted by atomic mass is 16.3. The number of aliphatic hydroxyl groups is 1. The molecular weight excluding hydrogens is 376 g/mol. The topological polar surface area (TPSA) is 60.9 Å². The number of rotatable bonds is 4. The number of hydrogen-bond acceptors (Lipinski definition) is 3. The maximum atomic E-state index is 12.9. The molecule has 0 aliphatic carbocycles. The molecule has 0 aromatic heterocycles. The summed E-state index contributed by atoms with van der Waals surface area (Å²) in [5, 5.41) is 9.93. The van der Waals surface area contributed by atoms with Crippen LogP contribution in [0.2, 0.25) is 0 Å². The number of aliphatic hydroxyl groups excluding tert-OH is 1. The molecule has 2 aromatic rings. The highest BCUT2D eigenvalue weighted by Gasteiger charge is 2.54. The third kappa shape index (κ3) is 3.71. The van der Waals surface area contributed by atoms with Crippen molar-refractivity contribution in [2.75, 3.05) is 19.7 Å². The first-order valence-corrected chi connectivity index (χ1v) is 10.5. The number of unbranched alkanes of at least 4 members (excludes halogenated alkanes) is 1. The third-order valence-electron chi connectivity index (χ3n) is 5.96. The summed E-state index contributed by atoms with van der Waals surface area (Å²) in [7, 11) is 0. The summed E-state index contributed by atoms with van der Waals surface area (Å²) in [5.74, 6) is 6.08. The van der Waals surface area contributed by atoms with Crippen LogP contribution in [0.1, 0.15) is 47.2 Å². The van der Waals surface area contributed by atoms with Gasteiger partial charge in [-0.15, -0.1) is 0 Å². The van der Waals surface area contributed by atoms with Crippen molar-refractivity contribution >= 4 is 11.8 Å². The van der Waals surface area contributed by atoms with Crippen molar-refractivity contribution in [2.45, 2.75) is 37.8 Å². The Balaban J connectivity index is 1.54. The standard InChI is InChI=1S/C25H26N2O3/c1-2-3-5-8-18-11-13-19(14-12-18)24-21-15-26(16-23(29)27(21)22(24)17-28)25(30)20-9-6-4-7-10-20/h4,6-7,9-14,21-22,24,28H,2-3,15-17H2,1H3/t21-,22+,24+/m1/s1. The molecule has 154 valence electrons. The fourth-order valence-corrected chi connectivity index (χ4v) is 4.50. The van der Waals surface area contributed by atoms with Gasteiger partial charge in [-0.3, -0.25) is 9.59 Å². The number of nitrogens with zero attached hydrogens (tertiary/aromatic N) is 2. The van der Waals surface area contributed by atoms with Crippen LogP contribution in [0, 0.1) is 11.8 Å². The quantitative estimate of drug-likeness (QED) is 0.800. The minimum absolute atomic E-state index is 0.00275. The molecule has 2 aromatic carbocycles. The second kappa shape index (κ2) is 8.73. The third-order valence-corrected chi connectivity index (χ3v) is 5.96. The van der Waals surface area contributed by atoms with E-state index in [0.29, 0.717) is 12.1 Å². The van der Waals surface area contributed by atoms with Crippen LogP contribution < -0.4 is 0 Å². The summed E-state index contributed by atoms with van der Waals surface area (Å²) in [5.41, 5.74) is 2.62. The lowest BCUT2D eigenvalue weighted by molar-refractivity contribution is -0.159. The Kier molecular flexibility index (Phi) is 5.87. The summed E-state index contributed by atoms with van der Waals surface area (Å²) in [6, 6.07) is 16.7. The van der Waals surface area contributed by atoms with E-state index in [-0.39, 0.29) is 43.0 Å². The second-order valence-corrected chi connectivity index (χ2v) is 7.87. The van der Waals surface area contributed by atoms with Crippen LogP contribution >= 0.6 is 0 Å². The fourth-order valence-electron chi connectivity index (χ4n) is 4.50. The van der Waals surface area contributed by atoms with Gasteiger partial charge in [0.15, 0.2) is 0 Å². The molecule has 2 aliphatic heterocycles. The number of benzene rings is 2. The van der Waals surface area contributed by atoms with Gasteiger partial charge >= 0.3 is 0 Å². The normalized spacial score (nSPS) is 22.6. The van der Waals surface area contributed by atoms with E-state index in [1.165, 1.54) is 0 Å². The van der Waals surface area contributed by atoms with Gasteiger partial charge in [-0.25, -0.2) is 0 Å². The van der Waals surface area contributed by atoms with Gasteiger partial charge in [0.25, 0.3) is 5.91 Å². The van der Waals surface area contributed by atoms with Crippen molar-refractivity contribution < 1.29 is 14.7 Å². The Morgan fingerprint density at radius 1 is 1.13 bits per heavy atom. The molecule has 0 bridgehead atoms. The lowest BCUT2D eigenvalue weighted by Gasteiger charge is -2.58. The van der Waals surface area contributed by atoms with E-state index < -0.39 is 0 Å². The summed E-state index contributed by atoms with van der Waals surface area (Å²) in [6.07, 6.45) is 1.91. The zero-order valence-corrected chi connectivity index (χ0v) is 17.1. The van der Waals surface area contributed by atoms with E-state index >= 15 is 0 Å². The highest BCUT2D eigenvalue weighted by molar-refractivity contribution is 5.97. The fraction of sp³-hybridized carbons (Fsp3) is 0.360. The average molecular weight is 402 g/mol. The zero-order chi connectivity index (χ0) is 21.1. The Bertz CT molecular complexity index is 975. The Morgan fingerprint density at radius 3 is 2.53 bits per heavy atom. The van der Waals surface area contributed by atoms with Gasteiger partial charge in [0.2, 0.25) is 5.91 Å². The summed E-state index contributed by atoms with van der Waals surface area (Å²) >= 11 is 0. The lowest BCUT2D eigenvalue weighted by Crippen LogP contribution is -2.73. The van der Waals surface area contributed by atoms with Crippen molar-refractivity contribution in [3.8, 4) is 11.8 Å². The Hall–Kier alpha value is -3.10. The van der Waals surface area contributed by atoms with Gasteiger partial charge in [-0.05, 0) is 36.2 Å². The molecule has 2 amide bonds. The van der Waals surface area contributed by atoms with Crippen molar-refractivity contribution in [2.24, 2.45) is 0 Å². The molecule has 3 atom stereocenters. The monoisotopic (exact) mass is 402 g/mol. The first-order valence-electron chi connectivity index (χ1n) is 10.5. The molecule has 0 saturated carbocycles. The zero-order valence-electron chi connectivity index (χ0n) is 17.1. The van der Waals surface area contributed by atoms with Crippen molar-refractivity contribution in [3.05, 3.63) is 71.3 Å². The molecule has 2 aliphatic rings. The van der Waals surface area contributed by atoms with Crippen molar-refractivity contribution in [1.29, 1.82) is 0 Å². The van der Waals surface area contributed by atoms with Crippen molar-refractivity contribution in [1.82, 2.24) is 9.80 Å². The molecule has 2 saturated heterocycles. The van der Waals surface area contributed by atoms with Crippen LogP contribution in [0.4, 0.5) is 0 Å². The lowest BCUT2D eigenvalue weighted by atomic mass is 9.73. The SMILES string of the molecule is CCCC#Cc1ccc([C@H]2[C@H]3CN(C(=O)c4ccccc4)CC(=O)N3[C@H]2CO)cc1. The van der Waals surface area contributed by atoms with Crippen LogP contribution in [-0.2, 0) is 4.79 Å². The van der Waals surface area contributed by atoms with Gasteiger partial charge in [0, 0.05) is 30.0 Å². The maximum absolute atomic E-state index is 12.9. The molecule has 1 N–H and O–H groups in total. The maximum Gasteiger partial charge on any atom is 0.254 e. The molecule has 0 radical (unpaired) electrons. The average Bonchev–Trinajstić information content (AvgIpc) is 2.76. The number of carbonyl (C=O) groups is 2. The number of hydrogen-bond donors (Lipinski definition) is 1. The molecular formula is C25H26N2O3. The predicted molar refractivity (Wildman–Crippen MR) is 115 cm³/mol. The van der Waals surface area contributed by atoms with Gasteiger partial charge in [-0.1, -0.05) is 49.1 Å². The van der Waals surface area contributed by atoms with Crippen LogP contribution in [0.3, 0.4) is 0 Å². The van der Waals surface area contributed by atoms with E-state index in [2.05, 4.69) is 18.8 Å². The van der Waals surface area contributed by atoms with Gasteiger partial charge in [-0.2, -0.15) is 0 Å². The van der Waals surface area contributed by atoms with Gasteiger partial charge in [0.05, 0.1) is 18.7 Å². The summed E-state index contributed by atoms with van der Waals surface area (Å²) in [6.45, 7) is 2.54. The number of fused-ring (bicyclic) bond motifs is 1. The Labute approximate surface area is 177 Å². The summed E-state index contributed by atoms with van der Waals surface area (Å²) < 4.78 is 0. The second-order valence-electron chi connectivity index (χ2n) is 7.87. The molecule has 0 spiro atoms.